The quantitative estimate of drug-likeness (QED) is 0.877. The zero-order valence-corrected chi connectivity index (χ0v) is 10.5. The molecule has 0 spiro atoms. The molecular formula is C12H8F2N2O2S. The van der Waals surface area contributed by atoms with Gasteiger partial charge in [-0.3, -0.25) is 0 Å². The monoisotopic (exact) mass is 282 g/mol. The van der Waals surface area contributed by atoms with E-state index in [1.807, 2.05) is 0 Å². The topological polar surface area (TPSA) is 63.1 Å². The fraction of sp³-hybridized carbons (Fsp3) is 0.0833. The fourth-order valence-electron chi connectivity index (χ4n) is 1.33. The number of halogens is 2. The van der Waals surface area contributed by atoms with Gasteiger partial charge in [0.1, 0.15) is 17.2 Å². The molecular weight excluding hydrogens is 274 g/mol. The number of carboxylic acid groups (broad SMARTS) is 1. The Hall–Kier alpha value is -2.02. The van der Waals surface area contributed by atoms with Crippen LogP contribution in [0.1, 0.15) is 16.1 Å². The molecule has 98 valence electrons. The molecule has 4 nitrogen and oxygen atoms in total. The standard InChI is InChI=1S/C12H8F2N2O2S/c1-6-10(14)11(16-5-15-6)19-9-4-7(12(17)18)2-3-8(9)13/h2-5H,1H3,(H,17,18). The predicted molar refractivity (Wildman–Crippen MR) is 64.2 cm³/mol. The number of hydrogen-bond donors (Lipinski definition) is 1. The van der Waals surface area contributed by atoms with E-state index in [9.17, 15) is 13.6 Å². The van der Waals surface area contributed by atoms with Crippen LogP contribution in [0.15, 0.2) is 34.4 Å². The lowest BCUT2D eigenvalue weighted by Crippen LogP contribution is -1.98. The number of hydrogen-bond acceptors (Lipinski definition) is 4. The molecule has 0 radical (unpaired) electrons. The van der Waals surface area contributed by atoms with Crippen LogP contribution in [0.5, 0.6) is 0 Å². The van der Waals surface area contributed by atoms with Gasteiger partial charge in [0.15, 0.2) is 5.82 Å². The molecule has 0 aliphatic carbocycles. The van der Waals surface area contributed by atoms with Gasteiger partial charge in [0.25, 0.3) is 0 Å². The van der Waals surface area contributed by atoms with Gasteiger partial charge in [0.05, 0.1) is 16.2 Å². The van der Waals surface area contributed by atoms with Crippen molar-refractivity contribution in [3.8, 4) is 0 Å². The first-order chi connectivity index (χ1) is 8.99. The van der Waals surface area contributed by atoms with Crippen LogP contribution in [0.3, 0.4) is 0 Å². The molecule has 2 rings (SSSR count). The minimum Gasteiger partial charge on any atom is -0.478 e. The number of carbonyl (C=O) groups is 1. The van der Waals surface area contributed by atoms with Crippen LogP contribution in [0, 0.1) is 18.6 Å². The summed E-state index contributed by atoms with van der Waals surface area (Å²) in [5.41, 5.74) is 0.0717. The summed E-state index contributed by atoms with van der Waals surface area (Å²) in [6, 6.07) is 3.31. The number of aryl methyl sites for hydroxylation is 1. The smallest absolute Gasteiger partial charge is 0.335 e. The van der Waals surface area contributed by atoms with Crippen LogP contribution in [-0.2, 0) is 0 Å². The average molecular weight is 282 g/mol. The maximum atomic E-state index is 13.7. The Bertz CT molecular complexity index is 650. The van der Waals surface area contributed by atoms with E-state index >= 15 is 0 Å². The van der Waals surface area contributed by atoms with E-state index in [4.69, 9.17) is 5.11 Å². The van der Waals surface area contributed by atoms with Gasteiger partial charge >= 0.3 is 5.97 Å². The van der Waals surface area contributed by atoms with E-state index in [1.165, 1.54) is 13.3 Å². The van der Waals surface area contributed by atoms with E-state index in [-0.39, 0.29) is 21.2 Å². The van der Waals surface area contributed by atoms with Crippen LogP contribution < -0.4 is 0 Å². The maximum Gasteiger partial charge on any atom is 0.335 e. The second kappa shape index (κ2) is 5.31. The van der Waals surface area contributed by atoms with Crippen LogP contribution in [0.4, 0.5) is 8.78 Å². The summed E-state index contributed by atoms with van der Waals surface area (Å²) in [4.78, 5) is 18.2. The minimum absolute atomic E-state index is 0.00287. The Morgan fingerprint density at radius 3 is 2.74 bits per heavy atom. The third kappa shape index (κ3) is 2.87. The van der Waals surface area contributed by atoms with Crippen molar-refractivity contribution in [3.05, 3.63) is 47.4 Å². The SMILES string of the molecule is Cc1ncnc(Sc2cc(C(=O)O)ccc2F)c1F. The fourth-order valence-corrected chi connectivity index (χ4v) is 2.22. The maximum absolute atomic E-state index is 13.7. The molecule has 1 aromatic heterocycles. The molecule has 0 atom stereocenters. The van der Waals surface area contributed by atoms with E-state index in [0.717, 1.165) is 30.0 Å². The van der Waals surface area contributed by atoms with Crippen molar-refractivity contribution in [2.24, 2.45) is 0 Å². The van der Waals surface area contributed by atoms with E-state index in [0.29, 0.717) is 0 Å². The zero-order chi connectivity index (χ0) is 14.0. The van der Waals surface area contributed by atoms with Crippen LogP contribution in [0.2, 0.25) is 0 Å². The van der Waals surface area contributed by atoms with Crippen LogP contribution >= 0.6 is 11.8 Å². The Kier molecular flexibility index (Phi) is 3.75. The second-order valence-corrected chi connectivity index (χ2v) is 4.66. The summed E-state index contributed by atoms with van der Waals surface area (Å²) in [6.45, 7) is 1.46. The molecule has 19 heavy (non-hydrogen) atoms. The highest BCUT2D eigenvalue weighted by Crippen LogP contribution is 2.31. The summed E-state index contributed by atoms with van der Waals surface area (Å²) < 4.78 is 27.3. The van der Waals surface area contributed by atoms with Gasteiger partial charge in [0.2, 0.25) is 0 Å². The average Bonchev–Trinajstić information content (AvgIpc) is 2.37. The highest BCUT2D eigenvalue weighted by molar-refractivity contribution is 7.99. The molecule has 0 amide bonds. The summed E-state index contributed by atoms with van der Waals surface area (Å²) >= 11 is 0.722. The number of carboxylic acids is 1. The molecule has 0 unspecified atom stereocenters. The normalized spacial score (nSPS) is 10.5. The number of aromatic carboxylic acids is 1. The second-order valence-electron chi connectivity index (χ2n) is 3.63. The summed E-state index contributed by atoms with van der Waals surface area (Å²) in [5.74, 6) is -2.46. The number of aromatic nitrogens is 2. The number of benzene rings is 1. The Morgan fingerprint density at radius 1 is 1.32 bits per heavy atom. The Labute approximate surface area is 111 Å². The highest BCUT2D eigenvalue weighted by atomic mass is 32.2. The molecule has 0 saturated heterocycles. The molecule has 0 fully saturated rings. The Morgan fingerprint density at radius 2 is 2.05 bits per heavy atom. The van der Waals surface area contributed by atoms with Gasteiger partial charge in [-0.15, -0.1) is 0 Å². The number of nitrogens with zero attached hydrogens (tertiary/aromatic N) is 2. The third-order valence-corrected chi connectivity index (χ3v) is 3.33. The highest BCUT2D eigenvalue weighted by Gasteiger charge is 2.14. The van der Waals surface area contributed by atoms with Crippen LogP contribution in [0.25, 0.3) is 0 Å². The van der Waals surface area contributed by atoms with E-state index < -0.39 is 17.6 Å². The number of rotatable bonds is 3. The van der Waals surface area contributed by atoms with Crippen molar-refractivity contribution in [1.29, 1.82) is 0 Å². The summed E-state index contributed by atoms with van der Waals surface area (Å²) in [6.07, 6.45) is 1.17. The molecule has 1 heterocycles. The van der Waals surface area contributed by atoms with Gasteiger partial charge in [-0.05, 0) is 25.1 Å². The molecule has 0 saturated carbocycles. The Balaban J connectivity index is 2.40. The van der Waals surface area contributed by atoms with E-state index in [1.54, 1.807) is 0 Å². The lowest BCUT2D eigenvalue weighted by molar-refractivity contribution is 0.0696. The van der Waals surface area contributed by atoms with Gasteiger partial charge in [-0.1, -0.05) is 11.8 Å². The molecule has 2 aromatic rings. The molecule has 0 bridgehead atoms. The third-order valence-electron chi connectivity index (χ3n) is 2.32. The largest absolute Gasteiger partial charge is 0.478 e. The zero-order valence-electron chi connectivity index (χ0n) is 9.72. The predicted octanol–water partition coefficient (Wildman–Crippen LogP) is 2.91. The van der Waals surface area contributed by atoms with Crippen molar-refractivity contribution in [2.45, 2.75) is 16.8 Å². The minimum atomic E-state index is -1.18. The molecule has 1 aromatic carbocycles. The van der Waals surface area contributed by atoms with Crippen molar-refractivity contribution < 1.29 is 18.7 Å². The first-order valence-corrected chi connectivity index (χ1v) is 5.98. The van der Waals surface area contributed by atoms with Gasteiger partial charge in [-0.25, -0.2) is 23.5 Å². The summed E-state index contributed by atoms with van der Waals surface area (Å²) in [5, 5.41) is 8.79. The molecule has 0 aliphatic heterocycles. The molecule has 0 aliphatic rings. The van der Waals surface area contributed by atoms with Gasteiger partial charge < -0.3 is 5.11 Å². The van der Waals surface area contributed by atoms with Crippen molar-refractivity contribution in [3.63, 3.8) is 0 Å². The molecule has 1 N–H and O–H groups in total. The van der Waals surface area contributed by atoms with Crippen molar-refractivity contribution in [1.82, 2.24) is 9.97 Å². The first kappa shape index (κ1) is 13.4. The van der Waals surface area contributed by atoms with Crippen molar-refractivity contribution >= 4 is 17.7 Å². The van der Waals surface area contributed by atoms with E-state index in [2.05, 4.69) is 9.97 Å². The first-order valence-electron chi connectivity index (χ1n) is 5.17. The summed E-state index contributed by atoms with van der Waals surface area (Å²) in [7, 11) is 0. The lowest BCUT2D eigenvalue weighted by Gasteiger charge is -2.05. The van der Waals surface area contributed by atoms with Crippen LogP contribution in [-0.4, -0.2) is 21.0 Å². The van der Waals surface area contributed by atoms with Gasteiger partial charge in [0, 0.05) is 0 Å². The van der Waals surface area contributed by atoms with Gasteiger partial charge in [-0.2, -0.15) is 0 Å². The van der Waals surface area contributed by atoms with Crippen molar-refractivity contribution in [2.75, 3.05) is 0 Å². The molecule has 7 heteroatoms. The lowest BCUT2D eigenvalue weighted by atomic mass is 10.2.